The molecule has 4 nitrogen and oxygen atoms in total. The Morgan fingerprint density at radius 1 is 1.40 bits per heavy atom. The van der Waals surface area contributed by atoms with E-state index < -0.39 is 0 Å². The Balaban J connectivity index is 2.48. The summed E-state index contributed by atoms with van der Waals surface area (Å²) in [5.41, 5.74) is 2.67. The molecule has 1 aromatic carbocycles. The van der Waals surface area contributed by atoms with Gasteiger partial charge in [0.2, 0.25) is 0 Å². The van der Waals surface area contributed by atoms with Gasteiger partial charge in [-0.2, -0.15) is 20.3 Å². The first-order chi connectivity index (χ1) is 7.31. The van der Waals surface area contributed by atoms with Crippen molar-refractivity contribution in [2.45, 2.75) is 13.3 Å². The molecule has 15 heavy (non-hydrogen) atoms. The quantitative estimate of drug-likeness (QED) is 0.737. The molecule has 0 bridgehead atoms. The standard InChI is InChI=1S/C11H10N4/c1-9-8-13-15(14-9)11-5-3-2-4-10(11)6-7-12/h2-5,8H,6H2,1H3. The largest absolute Gasteiger partial charge is 0.198 e. The van der Waals surface area contributed by atoms with Crippen LogP contribution in [0.15, 0.2) is 30.5 Å². The maximum atomic E-state index is 8.70. The topological polar surface area (TPSA) is 54.5 Å². The van der Waals surface area contributed by atoms with Crippen LogP contribution in [-0.2, 0) is 6.42 Å². The van der Waals surface area contributed by atoms with Crippen molar-refractivity contribution in [2.75, 3.05) is 0 Å². The number of nitriles is 1. The van der Waals surface area contributed by atoms with E-state index in [0.29, 0.717) is 6.42 Å². The highest BCUT2D eigenvalue weighted by molar-refractivity contribution is 5.40. The summed E-state index contributed by atoms with van der Waals surface area (Å²) in [6.45, 7) is 1.89. The van der Waals surface area contributed by atoms with Crippen molar-refractivity contribution in [3.05, 3.63) is 41.7 Å². The molecule has 0 N–H and O–H groups in total. The van der Waals surface area contributed by atoms with Crippen LogP contribution >= 0.6 is 0 Å². The van der Waals surface area contributed by atoms with Gasteiger partial charge in [0.1, 0.15) is 0 Å². The molecule has 1 aromatic heterocycles. The zero-order chi connectivity index (χ0) is 10.7. The molecule has 0 aliphatic rings. The molecule has 0 aliphatic carbocycles. The maximum absolute atomic E-state index is 8.70. The monoisotopic (exact) mass is 198 g/mol. The maximum Gasteiger partial charge on any atom is 0.0899 e. The number of hydrogen-bond acceptors (Lipinski definition) is 3. The van der Waals surface area contributed by atoms with Crippen LogP contribution in [0.1, 0.15) is 11.3 Å². The van der Waals surface area contributed by atoms with E-state index in [9.17, 15) is 0 Å². The molecule has 2 aromatic rings. The van der Waals surface area contributed by atoms with Crippen LogP contribution in [0.25, 0.3) is 5.69 Å². The molecule has 0 atom stereocenters. The van der Waals surface area contributed by atoms with Gasteiger partial charge in [0.25, 0.3) is 0 Å². The molecule has 4 heteroatoms. The fourth-order valence-electron chi connectivity index (χ4n) is 1.40. The van der Waals surface area contributed by atoms with Gasteiger partial charge in [0, 0.05) is 0 Å². The summed E-state index contributed by atoms with van der Waals surface area (Å²) in [5, 5.41) is 17.0. The summed E-state index contributed by atoms with van der Waals surface area (Å²) in [7, 11) is 0. The Morgan fingerprint density at radius 2 is 2.20 bits per heavy atom. The van der Waals surface area contributed by atoms with Crippen molar-refractivity contribution in [3.63, 3.8) is 0 Å². The summed E-state index contributed by atoms with van der Waals surface area (Å²) in [5.74, 6) is 0. The number of aromatic nitrogens is 3. The predicted molar refractivity (Wildman–Crippen MR) is 55.4 cm³/mol. The van der Waals surface area contributed by atoms with Crippen molar-refractivity contribution in [1.82, 2.24) is 15.0 Å². The molecule has 2 rings (SSSR count). The molecule has 0 saturated carbocycles. The van der Waals surface area contributed by atoms with Crippen LogP contribution in [0.2, 0.25) is 0 Å². The van der Waals surface area contributed by atoms with Crippen LogP contribution in [0.3, 0.4) is 0 Å². The van der Waals surface area contributed by atoms with Gasteiger partial charge >= 0.3 is 0 Å². The van der Waals surface area contributed by atoms with Crippen LogP contribution < -0.4 is 0 Å². The minimum atomic E-state index is 0.372. The van der Waals surface area contributed by atoms with E-state index in [4.69, 9.17) is 5.26 Å². The molecule has 0 saturated heterocycles. The summed E-state index contributed by atoms with van der Waals surface area (Å²) in [4.78, 5) is 1.56. The Bertz CT molecular complexity index is 507. The number of nitrogens with zero attached hydrogens (tertiary/aromatic N) is 4. The van der Waals surface area contributed by atoms with Crippen molar-refractivity contribution in [2.24, 2.45) is 0 Å². The number of hydrogen-bond donors (Lipinski definition) is 0. The van der Waals surface area contributed by atoms with Crippen molar-refractivity contribution >= 4 is 0 Å². The second-order valence-corrected chi connectivity index (χ2v) is 3.24. The molecule has 1 heterocycles. The lowest BCUT2D eigenvalue weighted by Crippen LogP contribution is -2.02. The molecule has 0 unspecified atom stereocenters. The molecule has 74 valence electrons. The van der Waals surface area contributed by atoms with Gasteiger partial charge in [-0.3, -0.25) is 0 Å². The first-order valence-electron chi connectivity index (χ1n) is 4.65. The van der Waals surface area contributed by atoms with Crippen LogP contribution in [0.4, 0.5) is 0 Å². The molecule has 0 fully saturated rings. The lowest BCUT2D eigenvalue weighted by atomic mass is 10.1. The van der Waals surface area contributed by atoms with Gasteiger partial charge in [0.05, 0.1) is 30.1 Å². The summed E-state index contributed by atoms with van der Waals surface area (Å²) in [6.07, 6.45) is 2.07. The van der Waals surface area contributed by atoms with Gasteiger partial charge in [-0.1, -0.05) is 18.2 Å². The Labute approximate surface area is 87.8 Å². The zero-order valence-electron chi connectivity index (χ0n) is 8.38. The molecule has 0 aliphatic heterocycles. The zero-order valence-corrected chi connectivity index (χ0v) is 8.38. The van der Waals surface area contributed by atoms with E-state index in [0.717, 1.165) is 16.9 Å². The fourth-order valence-corrected chi connectivity index (χ4v) is 1.40. The van der Waals surface area contributed by atoms with Gasteiger partial charge in [0.15, 0.2) is 0 Å². The summed E-state index contributed by atoms with van der Waals surface area (Å²) < 4.78 is 0. The highest BCUT2D eigenvalue weighted by Gasteiger charge is 2.05. The van der Waals surface area contributed by atoms with E-state index in [1.807, 2.05) is 31.2 Å². The molecule has 0 radical (unpaired) electrons. The fraction of sp³-hybridized carbons (Fsp3) is 0.182. The van der Waals surface area contributed by atoms with Gasteiger partial charge < -0.3 is 0 Å². The third-order valence-corrected chi connectivity index (χ3v) is 2.08. The van der Waals surface area contributed by atoms with Crippen LogP contribution in [0, 0.1) is 18.3 Å². The minimum absolute atomic E-state index is 0.372. The summed E-state index contributed by atoms with van der Waals surface area (Å²) >= 11 is 0. The summed E-state index contributed by atoms with van der Waals surface area (Å²) in [6, 6.07) is 9.78. The SMILES string of the molecule is Cc1cnn(-c2ccccc2CC#N)n1. The van der Waals surface area contributed by atoms with Gasteiger partial charge in [-0.15, -0.1) is 0 Å². The van der Waals surface area contributed by atoms with E-state index in [1.54, 1.807) is 11.0 Å². The van der Waals surface area contributed by atoms with Crippen molar-refractivity contribution < 1.29 is 0 Å². The molecular weight excluding hydrogens is 188 g/mol. The number of para-hydroxylation sites is 1. The first-order valence-corrected chi connectivity index (χ1v) is 4.65. The normalized spacial score (nSPS) is 9.87. The predicted octanol–water partition coefficient (Wildman–Crippen LogP) is 1.64. The number of benzene rings is 1. The average Bonchev–Trinajstić information content (AvgIpc) is 2.66. The third kappa shape index (κ3) is 1.86. The average molecular weight is 198 g/mol. The lowest BCUT2D eigenvalue weighted by molar-refractivity contribution is 0.739. The van der Waals surface area contributed by atoms with E-state index in [1.165, 1.54) is 0 Å². The van der Waals surface area contributed by atoms with E-state index in [-0.39, 0.29) is 0 Å². The van der Waals surface area contributed by atoms with Crippen LogP contribution in [-0.4, -0.2) is 15.0 Å². The Hall–Kier alpha value is -2.15. The minimum Gasteiger partial charge on any atom is -0.198 e. The second kappa shape index (κ2) is 3.93. The number of rotatable bonds is 2. The van der Waals surface area contributed by atoms with Crippen molar-refractivity contribution in [1.29, 1.82) is 5.26 Å². The Kier molecular flexibility index (Phi) is 2.46. The highest BCUT2D eigenvalue weighted by atomic mass is 15.5. The second-order valence-electron chi connectivity index (χ2n) is 3.24. The lowest BCUT2D eigenvalue weighted by Gasteiger charge is -2.04. The first kappa shape index (κ1) is 9.41. The molecule has 0 spiro atoms. The van der Waals surface area contributed by atoms with Gasteiger partial charge in [-0.05, 0) is 18.6 Å². The van der Waals surface area contributed by atoms with Gasteiger partial charge in [-0.25, -0.2) is 0 Å². The molecule has 0 amide bonds. The highest BCUT2D eigenvalue weighted by Crippen LogP contribution is 2.12. The Morgan fingerprint density at radius 3 is 2.87 bits per heavy atom. The van der Waals surface area contributed by atoms with Crippen molar-refractivity contribution in [3.8, 4) is 11.8 Å². The number of aryl methyl sites for hydroxylation is 1. The third-order valence-electron chi connectivity index (χ3n) is 2.08. The van der Waals surface area contributed by atoms with E-state index in [2.05, 4.69) is 16.3 Å². The van der Waals surface area contributed by atoms with Crippen LogP contribution in [0.5, 0.6) is 0 Å². The van der Waals surface area contributed by atoms with E-state index >= 15 is 0 Å². The smallest absolute Gasteiger partial charge is 0.0899 e. The molecular formula is C11H10N4.